The van der Waals surface area contributed by atoms with Crippen LogP contribution in [0.1, 0.15) is 27.2 Å². The predicted molar refractivity (Wildman–Crippen MR) is 54.9 cm³/mol. The van der Waals surface area contributed by atoms with Crippen LogP contribution in [0.15, 0.2) is 6.33 Å². The van der Waals surface area contributed by atoms with E-state index in [2.05, 4.69) is 10.1 Å². The molecule has 0 fully saturated rings. The molecule has 2 N–H and O–H groups in total. The molecule has 6 heteroatoms. The summed E-state index contributed by atoms with van der Waals surface area (Å²) >= 11 is 0. The first-order chi connectivity index (χ1) is 6.87. The number of ether oxygens (including phenoxy) is 1. The van der Waals surface area contributed by atoms with Crippen LogP contribution in [0.4, 0.5) is 5.95 Å². The van der Waals surface area contributed by atoms with Gasteiger partial charge in [-0.1, -0.05) is 0 Å². The molecule has 1 aromatic rings. The second-order valence-electron chi connectivity index (χ2n) is 4.20. The zero-order valence-corrected chi connectivity index (χ0v) is 9.23. The molecule has 6 nitrogen and oxygen atoms in total. The van der Waals surface area contributed by atoms with Crippen LogP contribution in [0.3, 0.4) is 0 Å². The van der Waals surface area contributed by atoms with Crippen molar-refractivity contribution in [2.45, 2.75) is 39.3 Å². The van der Waals surface area contributed by atoms with Crippen molar-refractivity contribution in [3.05, 3.63) is 6.33 Å². The van der Waals surface area contributed by atoms with Gasteiger partial charge in [-0.05, 0) is 20.8 Å². The van der Waals surface area contributed by atoms with E-state index in [4.69, 9.17) is 10.5 Å². The van der Waals surface area contributed by atoms with E-state index in [1.807, 2.05) is 20.8 Å². The second kappa shape index (κ2) is 4.29. The summed E-state index contributed by atoms with van der Waals surface area (Å²) < 4.78 is 6.65. The van der Waals surface area contributed by atoms with Crippen LogP contribution in [0.2, 0.25) is 0 Å². The van der Waals surface area contributed by atoms with Gasteiger partial charge in [0.05, 0.1) is 13.0 Å². The van der Waals surface area contributed by atoms with E-state index >= 15 is 0 Å². The maximum atomic E-state index is 11.3. The standard InChI is InChI=1S/C9H16N4O2/c1-9(2,3)15-7(14)4-5-13-6-11-8(10)12-13/h6H,4-5H2,1-3H3,(H2,10,12). The average molecular weight is 212 g/mol. The van der Waals surface area contributed by atoms with Gasteiger partial charge in [0.2, 0.25) is 5.95 Å². The molecular weight excluding hydrogens is 196 g/mol. The summed E-state index contributed by atoms with van der Waals surface area (Å²) in [5.74, 6) is -0.0456. The van der Waals surface area contributed by atoms with Crippen LogP contribution >= 0.6 is 0 Å². The van der Waals surface area contributed by atoms with Crippen LogP contribution in [-0.4, -0.2) is 26.3 Å². The molecule has 1 rings (SSSR count). The number of nitrogens with two attached hydrogens (primary N) is 1. The molecule has 0 atom stereocenters. The third kappa shape index (κ3) is 4.44. The van der Waals surface area contributed by atoms with Gasteiger partial charge in [0, 0.05) is 0 Å². The molecule has 0 aliphatic rings. The van der Waals surface area contributed by atoms with Crippen molar-refractivity contribution in [3.8, 4) is 0 Å². The molecule has 0 spiro atoms. The van der Waals surface area contributed by atoms with E-state index in [1.165, 1.54) is 11.0 Å². The van der Waals surface area contributed by atoms with Gasteiger partial charge in [0.1, 0.15) is 11.9 Å². The molecule has 0 amide bonds. The number of aromatic nitrogens is 3. The lowest BCUT2D eigenvalue weighted by Crippen LogP contribution is -2.24. The second-order valence-corrected chi connectivity index (χ2v) is 4.20. The van der Waals surface area contributed by atoms with Gasteiger partial charge in [0.15, 0.2) is 0 Å². The number of anilines is 1. The smallest absolute Gasteiger partial charge is 0.308 e. The first-order valence-electron chi connectivity index (χ1n) is 4.73. The van der Waals surface area contributed by atoms with Crippen molar-refractivity contribution in [1.82, 2.24) is 14.8 Å². The SMILES string of the molecule is CC(C)(C)OC(=O)CCn1cnc(N)n1. The fraction of sp³-hybridized carbons (Fsp3) is 0.667. The minimum Gasteiger partial charge on any atom is -0.460 e. The number of carbonyl (C=O) groups is 1. The van der Waals surface area contributed by atoms with Gasteiger partial charge < -0.3 is 10.5 Å². The third-order valence-corrected chi connectivity index (χ3v) is 1.52. The highest BCUT2D eigenvalue weighted by molar-refractivity contribution is 5.69. The molecule has 0 unspecified atom stereocenters. The predicted octanol–water partition coefficient (Wildman–Crippen LogP) is 0.592. The number of nitrogen functional groups attached to an aromatic ring is 1. The molecular formula is C9H16N4O2. The minimum absolute atomic E-state index is 0.208. The van der Waals surface area contributed by atoms with Crippen molar-refractivity contribution in [3.63, 3.8) is 0 Å². The van der Waals surface area contributed by atoms with Crippen molar-refractivity contribution >= 4 is 11.9 Å². The zero-order chi connectivity index (χ0) is 11.5. The molecule has 1 aromatic heterocycles. The van der Waals surface area contributed by atoms with E-state index in [0.717, 1.165) is 0 Å². The summed E-state index contributed by atoms with van der Waals surface area (Å²) in [6, 6.07) is 0. The largest absolute Gasteiger partial charge is 0.460 e. The molecule has 0 radical (unpaired) electrons. The topological polar surface area (TPSA) is 83.0 Å². The molecule has 0 saturated heterocycles. The molecule has 0 saturated carbocycles. The molecule has 0 aliphatic heterocycles. The number of nitrogens with zero attached hydrogens (tertiary/aromatic N) is 3. The highest BCUT2D eigenvalue weighted by atomic mass is 16.6. The van der Waals surface area contributed by atoms with Crippen molar-refractivity contribution in [2.24, 2.45) is 0 Å². The molecule has 15 heavy (non-hydrogen) atoms. The Balaban J connectivity index is 2.35. The summed E-state index contributed by atoms with van der Waals surface area (Å²) in [7, 11) is 0. The van der Waals surface area contributed by atoms with Crippen molar-refractivity contribution in [1.29, 1.82) is 0 Å². The van der Waals surface area contributed by atoms with E-state index < -0.39 is 5.60 Å². The molecule has 84 valence electrons. The summed E-state index contributed by atoms with van der Waals surface area (Å²) in [5, 5.41) is 3.85. The lowest BCUT2D eigenvalue weighted by atomic mass is 10.2. The van der Waals surface area contributed by atoms with Crippen LogP contribution < -0.4 is 5.73 Å². The zero-order valence-electron chi connectivity index (χ0n) is 9.23. The maximum absolute atomic E-state index is 11.3. The van der Waals surface area contributed by atoms with Gasteiger partial charge in [-0.25, -0.2) is 4.98 Å². The Kier molecular flexibility index (Phi) is 3.28. The normalized spacial score (nSPS) is 11.4. The Morgan fingerprint density at radius 3 is 2.73 bits per heavy atom. The number of hydrogen-bond acceptors (Lipinski definition) is 5. The summed E-state index contributed by atoms with van der Waals surface area (Å²) in [5.41, 5.74) is 4.88. The van der Waals surface area contributed by atoms with Crippen LogP contribution in [0, 0.1) is 0 Å². The van der Waals surface area contributed by atoms with Gasteiger partial charge in [-0.3, -0.25) is 9.48 Å². The Morgan fingerprint density at radius 2 is 2.27 bits per heavy atom. The van der Waals surface area contributed by atoms with E-state index in [-0.39, 0.29) is 18.3 Å². The number of rotatable bonds is 3. The highest BCUT2D eigenvalue weighted by Gasteiger charge is 2.15. The number of aryl methyl sites for hydroxylation is 1. The molecule has 0 bridgehead atoms. The van der Waals surface area contributed by atoms with Gasteiger partial charge in [-0.15, -0.1) is 5.10 Å². The van der Waals surface area contributed by atoms with Crippen molar-refractivity contribution < 1.29 is 9.53 Å². The van der Waals surface area contributed by atoms with E-state index in [0.29, 0.717) is 6.54 Å². The average Bonchev–Trinajstić information content (AvgIpc) is 2.45. The fourth-order valence-corrected chi connectivity index (χ4v) is 1.02. The third-order valence-electron chi connectivity index (χ3n) is 1.52. The van der Waals surface area contributed by atoms with Gasteiger partial charge >= 0.3 is 5.97 Å². The lowest BCUT2D eigenvalue weighted by molar-refractivity contribution is -0.155. The Labute approximate surface area is 88.4 Å². The summed E-state index contributed by atoms with van der Waals surface area (Å²) in [6.45, 7) is 5.92. The number of carbonyl (C=O) groups excluding carboxylic acids is 1. The maximum Gasteiger partial charge on any atom is 0.308 e. The summed E-state index contributed by atoms with van der Waals surface area (Å²) in [4.78, 5) is 15.1. The monoisotopic (exact) mass is 212 g/mol. The van der Waals surface area contributed by atoms with Gasteiger partial charge in [-0.2, -0.15) is 0 Å². The Hall–Kier alpha value is -1.59. The van der Waals surface area contributed by atoms with Crippen molar-refractivity contribution in [2.75, 3.05) is 5.73 Å². The van der Waals surface area contributed by atoms with E-state index in [1.54, 1.807) is 0 Å². The number of hydrogen-bond donors (Lipinski definition) is 1. The van der Waals surface area contributed by atoms with Gasteiger partial charge in [0.25, 0.3) is 0 Å². The Bertz CT molecular complexity index is 340. The molecule has 1 heterocycles. The van der Waals surface area contributed by atoms with Crippen LogP contribution in [-0.2, 0) is 16.1 Å². The van der Waals surface area contributed by atoms with Crippen LogP contribution in [0.5, 0.6) is 0 Å². The first kappa shape index (κ1) is 11.5. The fourth-order valence-electron chi connectivity index (χ4n) is 1.02. The summed E-state index contributed by atoms with van der Waals surface area (Å²) in [6.07, 6.45) is 1.75. The molecule has 0 aromatic carbocycles. The lowest BCUT2D eigenvalue weighted by Gasteiger charge is -2.19. The van der Waals surface area contributed by atoms with E-state index in [9.17, 15) is 4.79 Å². The Morgan fingerprint density at radius 1 is 1.60 bits per heavy atom. The van der Waals surface area contributed by atoms with Crippen LogP contribution in [0.25, 0.3) is 0 Å². The minimum atomic E-state index is -0.446. The first-order valence-corrected chi connectivity index (χ1v) is 4.73. The molecule has 0 aliphatic carbocycles. The number of esters is 1. The quantitative estimate of drug-likeness (QED) is 0.741. The highest BCUT2D eigenvalue weighted by Crippen LogP contribution is 2.08.